The van der Waals surface area contributed by atoms with E-state index in [2.05, 4.69) is 0 Å². The number of hydrogen-bond acceptors (Lipinski definition) is 2. The maximum absolute atomic E-state index is 13.1. The molecule has 4 heteroatoms. The Kier molecular flexibility index (Phi) is 3.76. The molecule has 0 atom stereocenters. The van der Waals surface area contributed by atoms with Crippen molar-refractivity contribution in [3.8, 4) is 0 Å². The van der Waals surface area contributed by atoms with E-state index >= 15 is 0 Å². The Morgan fingerprint density at radius 2 is 2.06 bits per heavy atom. The van der Waals surface area contributed by atoms with E-state index in [9.17, 15) is 9.18 Å². The molecule has 0 aromatic heterocycles. The molecule has 0 spiro atoms. The average molecular weight is 238 g/mol. The van der Waals surface area contributed by atoms with Gasteiger partial charge in [0.1, 0.15) is 5.82 Å². The summed E-state index contributed by atoms with van der Waals surface area (Å²) in [5.41, 5.74) is 5.93. The van der Waals surface area contributed by atoms with Crippen molar-refractivity contribution in [2.75, 3.05) is 12.8 Å². The fraction of sp³-hybridized carbons (Fsp3) is 0.462. The monoisotopic (exact) mass is 238 g/mol. The normalized spacial score (nSPS) is 11.4. The predicted octanol–water partition coefficient (Wildman–Crippen LogP) is 2.67. The van der Waals surface area contributed by atoms with E-state index in [0.717, 1.165) is 6.42 Å². The minimum Gasteiger partial charge on any atom is -0.398 e. The number of carbonyl (C=O) groups is 1. The van der Waals surface area contributed by atoms with Gasteiger partial charge in [-0.05, 0) is 38.5 Å². The van der Waals surface area contributed by atoms with Crippen molar-refractivity contribution in [1.29, 1.82) is 0 Å². The van der Waals surface area contributed by atoms with E-state index < -0.39 is 5.82 Å². The van der Waals surface area contributed by atoms with Gasteiger partial charge in [-0.1, -0.05) is 6.92 Å². The lowest BCUT2D eigenvalue weighted by atomic mass is 9.98. The number of nitrogens with zero attached hydrogens (tertiary/aromatic N) is 1. The lowest BCUT2D eigenvalue weighted by Crippen LogP contribution is -2.44. The van der Waals surface area contributed by atoms with Crippen LogP contribution in [0.4, 0.5) is 10.1 Å². The topological polar surface area (TPSA) is 46.3 Å². The molecule has 0 bridgehead atoms. The summed E-state index contributed by atoms with van der Waals surface area (Å²) >= 11 is 0. The Morgan fingerprint density at radius 3 is 2.59 bits per heavy atom. The molecule has 0 saturated heterocycles. The number of hydrogen-bond donors (Lipinski definition) is 1. The second-order valence-corrected chi connectivity index (χ2v) is 4.76. The fourth-order valence-corrected chi connectivity index (χ4v) is 1.41. The summed E-state index contributed by atoms with van der Waals surface area (Å²) in [4.78, 5) is 13.8. The molecule has 3 nitrogen and oxygen atoms in total. The van der Waals surface area contributed by atoms with Gasteiger partial charge in [-0.15, -0.1) is 0 Å². The third-order valence-electron chi connectivity index (χ3n) is 3.32. The Labute approximate surface area is 101 Å². The molecule has 0 unspecified atom stereocenters. The van der Waals surface area contributed by atoms with Gasteiger partial charge in [0.2, 0.25) is 0 Å². The quantitative estimate of drug-likeness (QED) is 0.823. The molecular weight excluding hydrogens is 219 g/mol. The van der Waals surface area contributed by atoms with Crippen molar-refractivity contribution in [3.63, 3.8) is 0 Å². The molecule has 1 rings (SSSR count). The molecule has 17 heavy (non-hydrogen) atoms. The first-order valence-electron chi connectivity index (χ1n) is 5.62. The Bertz CT molecular complexity index is 429. The van der Waals surface area contributed by atoms with Gasteiger partial charge in [0.15, 0.2) is 0 Å². The van der Waals surface area contributed by atoms with E-state index in [0.29, 0.717) is 5.69 Å². The molecule has 0 radical (unpaired) electrons. The van der Waals surface area contributed by atoms with Crippen LogP contribution in [0, 0.1) is 5.82 Å². The molecule has 0 heterocycles. The van der Waals surface area contributed by atoms with Gasteiger partial charge < -0.3 is 10.6 Å². The smallest absolute Gasteiger partial charge is 0.256 e. The molecular formula is C13H19FN2O. The first kappa shape index (κ1) is 13.5. The summed E-state index contributed by atoms with van der Waals surface area (Å²) in [7, 11) is 1.70. The van der Waals surface area contributed by atoms with Crippen LogP contribution in [-0.2, 0) is 0 Å². The van der Waals surface area contributed by atoms with Gasteiger partial charge in [-0.2, -0.15) is 0 Å². The maximum atomic E-state index is 13.1. The number of anilines is 1. The number of rotatable bonds is 3. The van der Waals surface area contributed by atoms with Crippen molar-refractivity contribution in [2.24, 2.45) is 0 Å². The van der Waals surface area contributed by atoms with Crippen LogP contribution in [0.1, 0.15) is 37.6 Å². The van der Waals surface area contributed by atoms with Crippen LogP contribution < -0.4 is 5.73 Å². The molecule has 0 saturated carbocycles. The predicted molar refractivity (Wildman–Crippen MR) is 67.3 cm³/mol. The lowest BCUT2D eigenvalue weighted by Gasteiger charge is -2.35. The lowest BCUT2D eigenvalue weighted by molar-refractivity contribution is 0.0621. The SMILES string of the molecule is CCC(C)(C)N(C)C(=O)c1cc(F)ccc1N. The number of amides is 1. The van der Waals surface area contributed by atoms with E-state index in [1.54, 1.807) is 11.9 Å². The highest BCUT2D eigenvalue weighted by molar-refractivity contribution is 5.99. The van der Waals surface area contributed by atoms with E-state index in [4.69, 9.17) is 5.73 Å². The van der Waals surface area contributed by atoms with Crippen molar-refractivity contribution in [3.05, 3.63) is 29.6 Å². The summed E-state index contributed by atoms with van der Waals surface area (Å²) in [6.07, 6.45) is 0.810. The molecule has 94 valence electrons. The van der Waals surface area contributed by atoms with Gasteiger partial charge in [-0.3, -0.25) is 4.79 Å². The van der Waals surface area contributed by atoms with E-state index in [-0.39, 0.29) is 17.0 Å². The zero-order chi connectivity index (χ0) is 13.2. The zero-order valence-electron chi connectivity index (χ0n) is 10.7. The third-order valence-corrected chi connectivity index (χ3v) is 3.32. The molecule has 1 aromatic rings. The summed E-state index contributed by atoms with van der Waals surface area (Å²) in [5.74, 6) is -0.709. The summed E-state index contributed by atoms with van der Waals surface area (Å²) in [5, 5.41) is 0. The standard InChI is InChI=1S/C13H19FN2O/c1-5-13(2,3)16(4)12(17)10-8-9(14)6-7-11(10)15/h6-8H,5,15H2,1-4H3. The van der Waals surface area contributed by atoms with Gasteiger partial charge >= 0.3 is 0 Å². The van der Waals surface area contributed by atoms with Crippen LogP contribution in [0.25, 0.3) is 0 Å². The van der Waals surface area contributed by atoms with Crippen LogP contribution in [0.5, 0.6) is 0 Å². The Hall–Kier alpha value is -1.58. The summed E-state index contributed by atoms with van der Waals surface area (Å²) in [6.45, 7) is 5.92. The molecule has 1 amide bonds. The summed E-state index contributed by atoms with van der Waals surface area (Å²) < 4.78 is 13.1. The van der Waals surface area contributed by atoms with Crippen molar-refractivity contribution in [1.82, 2.24) is 4.90 Å². The molecule has 1 aromatic carbocycles. The molecule has 0 aliphatic heterocycles. The van der Waals surface area contributed by atoms with Crippen molar-refractivity contribution < 1.29 is 9.18 Å². The highest BCUT2D eigenvalue weighted by Gasteiger charge is 2.27. The number of carbonyl (C=O) groups excluding carboxylic acids is 1. The second-order valence-electron chi connectivity index (χ2n) is 4.76. The summed E-state index contributed by atoms with van der Waals surface area (Å²) in [6, 6.07) is 3.84. The van der Waals surface area contributed by atoms with Crippen LogP contribution in [0.3, 0.4) is 0 Å². The molecule has 0 fully saturated rings. The van der Waals surface area contributed by atoms with E-state index in [1.165, 1.54) is 18.2 Å². The van der Waals surface area contributed by atoms with Gasteiger partial charge in [0.25, 0.3) is 5.91 Å². The molecule has 0 aliphatic carbocycles. The van der Waals surface area contributed by atoms with E-state index in [1.807, 2.05) is 20.8 Å². The average Bonchev–Trinajstić information content (AvgIpc) is 2.30. The van der Waals surface area contributed by atoms with Gasteiger partial charge in [0, 0.05) is 18.3 Å². The van der Waals surface area contributed by atoms with Gasteiger partial charge in [0.05, 0.1) is 5.56 Å². The zero-order valence-corrected chi connectivity index (χ0v) is 10.7. The second kappa shape index (κ2) is 4.73. The minimum atomic E-state index is -0.453. The fourth-order valence-electron chi connectivity index (χ4n) is 1.41. The largest absolute Gasteiger partial charge is 0.398 e. The number of benzene rings is 1. The molecule has 0 aliphatic rings. The number of halogens is 1. The highest BCUT2D eigenvalue weighted by atomic mass is 19.1. The van der Waals surface area contributed by atoms with Gasteiger partial charge in [-0.25, -0.2) is 4.39 Å². The van der Waals surface area contributed by atoms with Crippen LogP contribution in [0.15, 0.2) is 18.2 Å². The minimum absolute atomic E-state index is 0.217. The van der Waals surface area contributed by atoms with Crippen LogP contribution in [0.2, 0.25) is 0 Å². The van der Waals surface area contributed by atoms with Crippen molar-refractivity contribution in [2.45, 2.75) is 32.7 Å². The van der Waals surface area contributed by atoms with Crippen molar-refractivity contribution >= 4 is 11.6 Å². The number of nitrogens with two attached hydrogens (primary N) is 1. The highest BCUT2D eigenvalue weighted by Crippen LogP contribution is 2.22. The Balaban J connectivity index is 3.08. The first-order chi connectivity index (χ1) is 7.79. The first-order valence-corrected chi connectivity index (χ1v) is 5.62. The van der Waals surface area contributed by atoms with Crippen LogP contribution in [-0.4, -0.2) is 23.4 Å². The van der Waals surface area contributed by atoms with Crippen LogP contribution >= 0.6 is 0 Å². The number of nitrogen functional groups attached to an aromatic ring is 1. The maximum Gasteiger partial charge on any atom is 0.256 e. The molecule has 2 N–H and O–H groups in total. The third kappa shape index (κ3) is 2.75. The Morgan fingerprint density at radius 1 is 1.47 bits per heavy atom.